The summed E-state index contributed by atoms with van der Waals surface area (Å²) in [7, 11) is 0. The third-order valence-corrected chi connectivity index (χ3v) is 1.23. The topological polar surface area (TPSA) is 32.3 Å². The molecule has 0 amide bonds. The number of hydrogen-bond acceptors (Lipinski definition) is 2. The van der Waals surface area contributed by atoms with Gasteiger partial charge in [0.1, 0.15) is 6.23 Å². The van der Waals surface area contributed by atoms with E-state index >= 15 is 0 Å². The van der Waals surface area contributed by atoms with E-state index in [4.69, 9.17) is 5.11 Å². The molecule has 0 spiro atoms. The predicted molar refractivity (Wildman–Crippen MR) is 39.1 cm³/mol. The minimum absolute atomic E-state index is 0.316. The summed E-state index contributed by atoms with van der Waals surface area (Å²) in [5.74, 6) is 0.316. The molecule has 1 unspecified atom stereocenters. The SMILES string of the molecule is CCCNC(O)C(C)C. The number of rotatable bonds is 4. The van der Waals surface area contributed by atoms with Crippen molar-refractivity contribution < 1.29 is 5.11 Å². The van der Waals surface area contributed by atoms with Crippen molar-refractivity contribution in [2.75, 3.05) is 6.54 Å². The summed E-state index contributed by atoms with van der Waals surface area (Å²) in [5.41, 5.74) is 0. The van der Waals surface area contributed by atoms with Gasteiger partial charge in [0.25, 0.3) is 0 Å². The van der Waals surface area contributed by atoms with E-state index in [0.29, 0.717) is 5.92 Å². The highest BCUT2D eigenvalue weighted by Gasteiger charge is 2.05. The van der Waals surface area contributed by atoms with Gasteiger partial charge >= 0.3 is 0 Å². The predicted octanol–water partition coefficient (Wildman–Crippen LogP) is 0.960. The molecular formula is C7H17NO. The van der Waals surface area contributed by atoms with E-state index in [0.717, 1.165) is 13.0 Å². The first-order valence-corrected chi connectivity index (χ1v) is 3.60. The zero-order valence-corrected chi connectivity index (χ0v) is 6.52. The molecule has 0 aromatic heterocycles. The second-order valence-electron chi connectivity index (χ2n) is 2.64. The van der Waals surface area contributed by atoms with Crippen LogP contribution in [-0.2, 0) is 0 Å². The zero-order chi connectivity index (χ0) is 7.28. The van der Waals surface area contributed by atoms with Gasteiger partial charge in [-0.2, -0.15) is 0 Å². The van der Waals surface area contributed by atoms with Crippen molar-refractivity contribution in [1.29, 1.82) is 0 Å². The van der Waals surface area contributed by atoms with Gasteiger partial charge in [-0.25, -0.2) is 0 Å². The Morgan fingerprint density at radius 3 is 2.33 bits per heavy atom. The molecule has 56 valence electrons. The molecule has 0 saturated carbocycles. The quantitative estimate of drug-likeness (QED) is 0.557. The van der Waals surface area contributed by atoms with Crippen molar-refractivity contribution in [2.45, 2.75) is 33.4 Å². The Labute approximate surface area is 57.3 Å². The van der Waals surface area contributed by atoms with Crippen molar-refractivity contribution in [3.8, 4) is 0 Å². The molecule has 2 heteroatoms. The maximum atomic E-state index is 9.15. The Kier molecular flexibility index (Phi) is 4.72. The minimum Gasteiger partial charge on any atom is -0.378 e. The average molecular weight is 131 g/mol. The lowest BCUT2D eigenvalue weighted by Gasteiger charge is -2.14. The monoisotopic (exact) mass is 131 g/mol. The molecular weight excluding hydrogens is 114 g/mol. The van der Waals surface area contributed by atoms with Crippen LogP contribution in [0.2, 0.25) is 0 Å². The van der Waals surface area contributed by atoms with Crippen LogP contribution in [0.25, 0.3) is 0 Å². The van der Waals surface area contributed by atoms with Gasteiger partial charge in [-0.05, 0) is 18.9 Å². The van der Waals surface area contributed by atoms with Crippen molar-refractivity contribution >= 4 is 0 Å². The molecule has 1 atom stereocenters. The summed E-state index contributed by atoms with van der Waals surface area (Å²) < 4.78 is 0. The number of aliphatic hydroxyl groups excluding tert-OH is 1. The first kappa shape index (κ1) is 8.92. The second kappa shape index (κ2) is 4.77. The Morgan fingerprint density at radius 1 is 1.44 bits per heavy atom. The van der Waals surface area contributed by atoms with Gasteiger partial charge in [0, 0.05) is 0 Å². The number of aliphatic hydroxyl groups is 1. The lowest BCUT2D eigenvalue weighted by atomic mass is 10.2. The van der Waals surface area contributed by atoms with Crippen LogP contribution in [0.15, 0.2) is 0 Å². The van der Waals surface area contributed by atoms with Crippen LogP contribution in [-0.4, -0.2) is 17.9 Å². The third kappa shape index (κ3) is 4.43. The lowest BCUT2D eigenvalue weighted by molar-refractivity contribution is 0.0910. The molecule has 2 N–H and O–H groups in total. The van der Waals surface area contributed by atoms with E-state index < -0.39 is 0 Å². The van der Waals surface area contributed by atoms with E-state index in [2.05, 4.69) is 12.2 Å². The molecule has 0 bridgehead atoms. The molecule has 0 aliphatic heterocycles. The molecule has 0 rings (SSSR count). The van der Waals surface area contributed by atoms with E-state index in [1.165, 1.54) is 0 Å². The summed E-state index contributed by atoms with van der Waals surface area (Å²) in [5, 5.41) is 12.1. The molecule has 0 heterocycles. The lowest BCUT2D eigenvalue weighted by Crippen LogP contribution is -2.33. The fourth-order valence-corrected chi connectivity index (χ4v) is 0.528. The molecule has 0 aliphatic carbocycles. The first-order chi connectivity index (χ1) is 4.18. The average Bonchev–Trinajstić information content (AvgIpc) is 1.82. The minimum atomic E-state index is -0.329. The zero-order valence-electron chi connectivity index (χ0n) is 6.52. The highest BCUT2D eigenvalue weighted by molar-refractivity contribution is 4.55. The molecule has 0 saturated heterocycles. The van der Waals surface area contributed by atoms with Gasteiger partial charge in [0.05, 0.1) is 0 Å². The molecule has 9 heavy (non-hydrogen) atoms. The van der Waals surface area contributed by atoms with Crippen molar-refractivity contribution in [1.82, 2.24) is 5.32 Å². The summed E-state index contributed by atoms with van der Waals surface area (Å²) >= 11 is 0. The summed E-state index contributed by atoms with van der Waals surface area (Å²) in [6.07, 6.45) is 0.744. The highest BCUT2D eigenvalue weighted by atomic mass is 16.3. The van der Waals surface area contributed by atoms with E-state index in [-0.39, 0.29) is 6.23 Å². The van der Waals surface area contributed by atoms with Crippen LogP contribution < -0.4 is 5.32 Å². The van der Waals surface area contributed by atoms with Crippen LogP contribution in [0.1, 0.15) is 27.2 Å². The van der Waals surface area contributed by atoms with Crippen molar-refractivity contribution in [2.24, 2.45) is 5.92 Å². The molecule has 0 aromatic rings. The van der Waals surface area contributed by atoms with Crippen LogP contribution in [0, 0.1) is 5.92 Å². The van der Waals surface area contributed by atoms with Crippen LogP contribution >= 0.6 is 0 Å². The molecule has 2 nitrogen and oxygen atoms in total. The van der Waals surface area contributed by atoms with E-state index in [1.807, 2.05) is 13.8 Å². The summed E-state index contributed by atoms with van der Waals surface area (Å²) in [6.45, 7) is 6.97. The molecule has 0 aromatic carbocycles. The Morgan fingerprint density at radius 2 is 2.00 bits per heavy atom. The highest BCUT2D eigenvalue weighted by Crippen LogP contribution is 1.95. The van der Waals surface area contributed by atoms with Gasteiger partial charge in [-0.15, -0.1) is 0 Å². The van der Waals surface area contributed by atoms with Gasteiger partial charge in [0.2, 0.25) is 0 Å². The molecule has 0 aliphatic rings. The third-order valence-electron chi connectivity index (χ3n) is 1.23. The van der Waals surface area contributed by atoms with Crippen LogP contribution in [0.3, 0.4) is 0 Å². The van der Waals surface area contributed by atoms with E-state index in [1.54, 1.807) is 0 Å². The van der Waals surface area contributed by atoms with Gasteiger partial charge in [-0.3, -0.25) is 5.32 Å². The fraction of sp³-hybridized carbons (Fsp3) is 1.00. The molecule has 0 fully saturated rings. The van der Waals surface area contributed by atoms with Crippen LogP contribution in [0.4, 0.5) is 0 Å². The van der Waals surface area contributed by atoms with Crippen LogP contribution in [0.5, 0.6) is 0 Å². The summed E-state index contributed by atoms with van der Waals surface area (Å²) in [4.78, 5) is 0. The van der Waals surface area contributed by atoms with Crippen molar-refractivity contribution in [3.05, 3.63) is 0 Å². The number of nitrogens with one attached hydrogen (secondary N) is 1. The first-order valence-electron chi connectivity index (χ1n) is 3.60. The van der Waals surface area contributed by atoms with Gasteiger partial charge < -0.3 is 5.11 Å². The van der Waals surface area contributed by atoms with Crippen molar-refractivity contribution in [3.63, 3.8) is 0 Å². The molecule has 0 radical (unpaired) electrons. The largest absolute Gasteiger partial charge is 0.378 e. The normalized spacial score (nSPS) is 14.3. The Balaban J connectivity index is 3.16. The maximum absolute atomic E-state index is 9.15. The summed E-state index contributed by atoms with van der Waals surface area (Å²) in [6, 6.07) is 0. The number of hydrogen-bond donors (Lipinski definition) is 2. The van der Waals surface area contributed by atoms with Gasteiger partial charge in [0.15, 0.2) is 0 Å². The standard InChI is InChI=1S/C7H17NO/c1-4-5-8-7(9)6(2)3/h6-9H,4-5H2,1-3H3. The Hall–Kier alpha value is -0.0800. The maximum Gasteiger partial charge on any atom is 0.107 e. The second-order valence-corrected chi connectivity index (χ2v) is 2.64. The van der Waals surface area contributed by atoms with Gasteiger partial charge in [-0.1, -0.05) is 20.8 Å². The Bertz CT molecular complexity index is 63.9. The smallest absolute Gasteiger partial charge is 0.107 e. The van der Waals surface area contributed by atoms with E-state index in [9.17, 15) is 0 Å². The fourth-order valence-electron chi connectivity index (χ4n) is 0.528.